The maximum absolute atomic E-state index is 11.6. The fourth-order valence-corrected chi connectivity index (χ4v) is 2.84. The van der Waals surface area contributed by atoms with Crippen molar-refractivity contribution in [2.75, 3.05) is 6.61 Å². The van der Waals surface area contributed by atoms with Crippen molar-refractivity contribution in [3.05, 3.63) is 64.4 Å². The summed E-state index contributed by atoms with van der Waals surface area (Å²) in [5, 5.41) is 0.821. The number of fused-ring (bicyclic) bond motifs is 1. The number of nitrogens with zero attached hydrogens (tertiary/aromatic N) is 2. The van der Waals surface area contributed by atoms with Crippen LogP contribution in [-0.4, -0.2) is 22.3 Å². The van der Waals surface area contributed by atoms with Crippen LogP contribution in [-0.2, 0) is 0 Å². The first kappa shape index (κ1) is 16.6. The van der Waals surface area contributed by atoms with Crippen molar-refractivity contribution in [1.29, 1.82) is 0 Å². The average Bonchev–Trinajstić information content (AvgIpc) is 2.92. The Hall–Kier alpha value is -2.30. The van der Waals surface area contributed by atoms with E-state index in [4.69, 9.17) is 27.9 Å². The molecule has 2 aromatic heterocycles. The highest BCUT2D eigenvalue weighted by Crippen LogP contribution is 2.29. The summed E-state index contributed by atoms with van der Waals surface area (Å²) in [5.74, 6) is 0.722. The van der Waals surface area contributed by atoms with Gasteiger partial charge in [0.1, 0.15) is 23.7 Å². The molecule has 0 atom stereocenters. The Morgan fingerprint density at radius 2 is 2.04 bits per heavy atom. The quantitative estimate of drug-likeness (QED) is 0.470. The monoisotopic (exact) mass is 360 g/mol. The summed E-state index contributed by atoms with van der Waals surface area (Å²) < 4.78 is 7.17. The molecule has 3 aromatic rings. The summed E-state index contributed by atoms with van der Waals surface area (Å²) in [4.78, 5) is 16.0. The van der Waals surface area contributed by atoms with Gasteiger partial charge in [0.25, 0.3) is 0 Å². The summed E-state index contributed by atoms with van der Waals surface area (Å²) in [7, 11) is 0. The van der Waals surface area contributed by atoms with Gasteiger partial charge in [-0.3, -0.25) is 9.20 Å². The smallest absolute Gasteiger partial charge is 0.169 e. The highest BCUT2D eigenvalue weighted by Gasteiger charge is 2.16. The number of imidazole rings is 1. The van der Waals surface area contributed by atoms with Crippen molar-refractivity contribution >= 4 is 35.1 Å². The molecule has 1 aromatic carbocycles. The molecule has 0 saturated heterocycles. The Kier molecular flexibility index (Phi) is 4.60. The lowest BCUT2D eigenvalue weighted by Gasteiger charge is -2.06. The van der Waals surface area contributed by atoms with Gasteiger partial charge in [0.15, 0.2) is 11.9 Å². The highest BCUT2D eigenvalue weighted by atomic mass is 35.5. The molecule has 0 saturated carbocycles. The normalized spacial score (nSPS) is 10.8. The largest absolute Gasteiger partial charge is 0.489 e. The van der Waals surface area contributed by atoms with Crippen LogP contribution in [0.1, 0.15) is 17.4 Å². The van der Waals surface area contributed by atoms with Crippen LogP contribution in [0.25, 0.3) is 16.9 Å². The zero-order valence-electron chi connectivity index (χ0n) is 12.9. The van der Waals surface area contributed by atoms with Crippen LogP contribution in [0.2, 0.25) is 10.0 Å². The van der Waals surface area contributed by atoms with E-state index in [1.165, 1.54) is 0 Å². The number of ether oxygens (including phenoxy) is 1. The lowest BCUT2D eigenvalue weighted by molar-refractivity contribution is 0.111. The molecule has 0 spiro atoms. The number of aldehydes is 1. The minimum Gasteiger partial charge on any atom is -0.489 e. The molecule has 0 fully saturated rings. The molecule has 122 valence electrons. The van der Waals surface area contributed by atoms with E-state index in [0.29, 0.717) is 33.7 Å². The topological polar surface area (TPSA) is 43.6 Å². The van der Waals surface area contributed by atoms with E-state index in [2.05, 4.69) is 11.6 Å². The molecule has 0 unspecified atom stereocenters. The van der Waals surface area contributed by atoms with E-state index in [1.54, 1.807) is 16.7 Å². The number of hydrogen-bond donors (Lipinski definition) is 0. The van der Waals surface area contributed by atoms with Crippen molar-refractivity contribution in [2.45, 2.75) is 6.92 Å². The van der Waals surface area contributed by atoms with Gasteiger partial charge in [-0.2, -0.15) is 0 Å². The van der Waals surface area contributed by atoms with E-state index in [-0.39, 0.29) is 0 Å². The van der Waals surface area contributed by atoms with Crippen LogP contribution in [0.15, 0.2) is 48.7 Å². The van der Waals surface area contributed by atoms with Gasteiger partial charge in [0.05, 0.1) is 10.0 Å². The number of hydrogen-bond acceptors (Lipinski definition) is 3. The van der Waals surface area contributed by atoms with Crippen LogP contribution < -0.4 is 4.74 Å². The molecule has 0 aliphatic heterocycles. The number of carbonyl (C=O) groups is 1. The third-order valence-electron chi connectivity index (χ3n) is 3.40. The van der Waals surface area contributed by atoms with Crippen molar-refractivity contribution in [3.63, 3.8) is 0 Å². The molecule has 6 heteroatoms. The predicted molar refractivity (Wildman–Crippen MR) is 96.3 cm³/mol. The Balaban J connectivity index is 2.04. The second-order valence-corrected chi connectivity index (χ2v) is 6.28. The average molecular weight is 361 g/mol. The molecule has 0 N–H and O–H groups in total. The Labute approximate surface area is 149 Å². The number of aromatic nitrogens is 2. The van der Waals surface area contributed by atoms with Gasteiger partial charge in [-0.25, -0.2) is 4.98 Å². The first-order chi connectivity index (χ1) is 11.5. The number of rotatable bonds is 5. The number of benzene rings is 1. The molecule has 0 bridgehead atoms. The van der Waals surface area contributed by atoms with E-state index < -0.39 is 0 Å². The summed E-state index contributed by atoms with van der Waals surface area (Å²) in [5.41, 5.74) is 3.15. The van der Waals surface area contributed by atoms with Crippen LogP contribution in [0.5, 0.6) is 5.75 Å². The lowest BCUT2D eigenvalue weighted by Crippen LogP contribution is -1.97. The molecule has 4 nitrogen and oxygen atoms in total. The van der Waals surface area contributed by atoms with Gasteiger partial charge < -0.3 is 4.74 Å². The Morgan fingerprint density at radius 1 is 1.33 bits per heavy atom. The molecular weight excluding hydrogens is 347 g/mol. The minimum atomic E-state index is 0.387. The number of halogens is 2. The van der Waals surface area contributed by atoms with Crippen molar-refractivity contribution < 1.29 is 9.53 Å². The zero-order chi connectivity index (χ0) is 17.3. The highest BCUT2D eigenvalue weighted by molar-refractivity contribution is 6.36. The molecule has 24 heavy (non-hydrogen) atoms. The van der Waals surface area contributed by atoms with E-state index in [0.717, 1.165) is 23.2 Å². The van der Waals surface area contributed by atoms with Crippen molar-refractivity contribution in [2.24, 2.45) is 0 Å². The summed E-state index contributed by atoms with van der Waals surface area (Å²) in [6, 6.07) is 8.94. The molecule has 3 rings (SSSR count). The zero-order valence-corrected chi connectivity index (χ0v) is 14.4. The Bertz CT molecular complexity index is 930. The summed E-state index contributed by atoms with van der Waals surface area (Å²) in [6.07, 6.45) is 2.36. The minimum absolute atomic E-state index is 0.387. The summed E-state index contributed by atoms with van der Waals surface area (Å²) >= 11 is 12.2. The number of pyridine rings is 1. The molecule has 0 aliphatic carbocycles. The van der Waals surface area contributed by atoms with Gasteiger partial charge >= 0.3 is 0 Å². The van der Waals surface area contributed by atoms with Crippen LogP contribution in [0.3, 0.4) is 0 Å². The van der Waals surface area contributed by atoms with E-state index >= 15 is 0 Å². The van der Waals surface area contributed by atoms with Crippen molar-refractivity contribution in [3.8, 4) is 17.0 Å². The van der Waals surface area contributed by atoms with Gasteiger partial charge in [-0.15, -0.1) is 0 Å². The molecular formula is C18H14Cl2N2O2. The molecule has 2 heterocycles. The maximum Gasteiger partial charge on any atom is 0.169 e. The first-order valence-corrected chi connectivity index (χ1v) is 7.95. The van der Waals surface area contributed by atoms with Gasteiger partial charge in [0.2, 0.25) is 0 Å². The fourth-order valence-electron chi connectivity index (χ4n) is 2.33. The fraction of sp³-hybridized carbons (Fsp3) is 0.111. The molecule has 0 radical (unpaired) electrons. The van der Waals surface area contributed by atoms with E-state index in [9.17, 15) is 4.79 Å². The second kappa shape index (κ2) is 6.67. The van der Waals surface area contributed by atoms with Gasteiger partial charge in [-0.05, 0) is 42.8 Å². The second-order valence-electron chi connectivity index (χ2n) is 5.43. The van der Waals surface area contributed by atoms with E-state index in [1.807, 2.05) is 31.2 Å². The molecule has 0 amide bonds. The van der Waals surface area contributed by atoms with Crippen LogP contribution in [0, 0.1) is 0 Å². The lowest BCUT2D eigenvalue weighted by atomic mass is 10.1. The number of carbonyl (C=O) groups excluding carboxylic acids is 1. The van der Waals surface area contributed by atoms with Gasteiger partial charge in [0, 0.05) is 11.8 Å². The van der Waals surface area contributed by atoms with Gasteiger partial charge in [-0.1, -0.05) is 29.8 Å². The van der Waals surface area contributed by atoms with Crippen LogP contribution >= 0.6 is 23.2 Å². The third kappa shape index (κ3) is 3.16. The Morgan fingerprint density at radius 3 is 2.67 bits per heavy atom. The SMILES string of the molecule is C=C(C)COc1ccc(-c2nc3c(Cl)cc(Cl)cn3c2C=O)cc1. The molecule has 0 aliphatic rings. The standard InChI is InChI=1S/C18H14Cl2N2O2/c1-11(2)10-24-14-5-3-12(4-6-14)17-16(9-23)22-8-13(19)7-15(20)18(22)21-17/h3-9H,1,10H2,2H3. The third-order valence-corrected chi connectivity index (χ3v) is 3.89. The summed E-state index contributed by atoms with van der Waals surface area (Å²) in [6.45, 7) is 6.16. The predicted octanol–water partition coefficient (Wildman–Crippen LogP) is 5.08. The van der Waals surface area contributed by atoms with Crippen molar-refractivity contribution in [1.82, 2.24) is 9.38 Å². The maximum atomic E-state index is 11.6. The van der Waals surface area contributed by atoms with Crippen LogP contribution in [0.4, 0.5) is 0 Å². The first-order valence-electron chi connectivity index (χ1n) is 7.19.